The van der Waals surface area contributed by atoms with Crippen molar-refractivity contribution in [2.45, 2.75) is 32.0 Å². The summed E-state index contributed by atoms with van der Waals surface area (Å²) in [4.78, 5) is 40.6. The van der Waals surface area contributed by atoms with Gasteiger partial charge in [-0.15, -0.1) is 0 Å². The minimum atomic E-state index is -0.431. The fourth-order valence-electron chi connectivity index (χ4n) is 3.64. The third-order valence-electron chi connectivity index (χ3n) is 4.97. The van der Waals surface area contributed by atoms with Crippen molar-refractivity contribution in [2.75, 3.05) is 24.6 Å². The lowest BCUT2D eigenvalue weighted by Crippen LogP contribution is -2.49. The van der Waals surface area contributed by atoms with Crippen LogP contribution in [0.15, 0.2) is 36.9 Å². The molecule has 28 heavy (non-hydrogen) atoms. The second kappa shape index (κ2) is 7.79. The number of hydrogen-bond acceptors (Lipinski definition) is 8. The van der Waals surface area contributed by atoms with Crippen molar-refractivity contribution in [1.82, 2.24) is 19.9 Å². The summed E-state index contributed by atoms with van der Waals surface area (Å²) in [6.45, 7) is 3.48. The van der Waals surface area contributed by atoms with Crippen molar-refractivity contribution < 1.29 is 19.1 Å². The molecule has 1 amide bonds. The molecule has 2 saturated heterocycles. The minimum Gasteiger partial charge on any atom is -0.462 e. The number of hydrogen-bond donors (Lipinski definition) is 0. The van der Waals surface area contributed by atoms with E-state index in [-0.39, 0.29) is 24.8 Å². The Morgan fingerprint density at radius 1 is 1.14 bits per heavy atom. The first-order valence-corrected chi connectivity index (χ1v) is 9.23. The quantitative estimate of drug-likeness (QED) is 0.719. The third-order valence-corrected chi connectivity index (χ3v) is 4.97. The van der Waals surface area contributed by atoms with Crippen molar-refractivity contribution in [2.24, 2.45) is 0 Å². The molecule has 0 radical (unpaired) electrons. The number of aromatic nitrogens is 3. The molecule has 0 aliphatic carbocycles. The molecule has 0 unspecified atom stereocenters. The Bertz CT molecular complexity index is 845. The highest BCUT2D eigenvalue weighted by molar-refractivity contribution is 5.88. The maximum Gasteiger partial charge on any atom is 0.410 e. The zero-order valence-corrected chi connectivity index (χ0v) is 15.5. The molecule has 4 heterocycles. The number of anilines is 1. The van der Waals surface area contributed by atoms with E-state index in [4.69, 9.17) is 9.47 Å². The van der Waals surface area contributed by atoms with Crippen LogP contribution in [-0.4, -0.2) is 63.7 Å². The molecule has 9 heteroatoms. The molecule has 2 aromatic heterocycles. The summed E-state index contributed by atoms with van der Waals surface area (Å²) in [6, 6.07) is 3.89. The monoisotopic (exact) mass is 383 g/mol. The van der Waals surface area contributed by atoms with Crippen LogP contribution >= 0.6 is 0 Å². The zero-order valence-electron chi connectivity index (χ0n) is 15.5. The highest BCUT2D eigenvalue weighted by atomic mass is 16.6. The van der Waals surface area contributed by atoms with Gasteiger partial charge in [0.2, 0.25) is 5.95 Å². The normalized spacial score (nSPS) is 20.3. The molecular weight excluding hydrogens is 362 g/mol. The predicted octanol–water partition coefficient (Wildman–Crippen LogP) is 1.65. The molecule has 2 atom stereocenters. The first-order chi connectivity index (χ1) is 13.7. The number of carbonyl (C=O) groups excluding carboxylic acids is 2. The zero-order chi connectivity index (χ0) is 19.5. The summed E-state index contributed by atoms with van der Waals surface area (Å²) in [5.74, 6) is 0.128. The molecule has 2 aliphatic rings. The van der Waals surface area contributed by atoms with Gasteiger partial charge in [-0.3, -0.25) is 4.98 Å². The SMILES string of the molecule is CCOC(=O)c1cnc(N2C[C@@H]3C[C@H]2CN3C(=O)OCc2cccnc2)nc1. The van der Waals surface area contributed by atoms with Crippen LogP contribution in [-0.2, 0) is 16.1 Å². The average Bonchev–Trinajstić information content (AvgIpc) is 3.34. The van der Waals surface area contributed by atoms with Crippen molar-refractivity contribution >= 4 is 18.0 Å². The number of pyridine rings is 1. The largest absolute Gasteiger partial charge is 0.462 e. The summed E-state index contributed by atoms with van der Waals surface area (Å²) in [7, 11) is 0. The Hall–Kier alpha value is -3.23. The van der Waals surface area contributed by atoms with Gasteiger partial charge in [-0.1, -0.05) is 6.07 Å². The van der Waals surface area contributed by atoms with Gasteiger partial charge < -0.3 is 19.3 Å². The lowest BCUT2D eigenvalue weighted by atomic mass is 10.2. The van der Waals surface area contributed by atoms with E-state index in [0.717, 1.165) is 12.0 Å². The van der Waals surface area contributed by atoms with Crippen molar-refractivity contribution in [3.63, 3.8) is 0 Å². The molecule has 9 nitrogen and oxygen atoms in total. The van der Waals surface area contributed by atoms with Crippen LogP contribution in [0.25, 0.3) is 0 Å². The summed E-state index contributed by atoms with van der Waals surface area (Å²) >= 11 is 0. The van der Waals surface area contributed by atoms with E-state index in [1.807, 2.05) is 12.1 Å². The van der Waals surface area contributed by atoms with E-state index < -0.39 is 5.97 Å². The van der Waals surface area contributed by atoms with Crippen molar-refractivity contribution in [3.8, 4) is 0 Å². The van der Waals surface area contributed by atoms with Gasteiger partial charge in [0.05, 0.1) is 24.3 Å². The van der Waals surface area contributed by atoms with Crippen molar-refractivity contribution in [1.29, 1.82) is 0 Å². The molecule has 2 bridgehead atoms. The average molecular weight is 383 g/mol. The number of amides is 1. The number of rotatable bonds is 5. The van der Waals surface area contributed by atoms with Gasteiger partial charge in [-0.2, -0.15) is 0 Å². The Labute approximate surface area is 162 Å². The molecule has 0 N–H and O–H groups in total. The fraction of sp³-hybridized carbons (Fsp3) is 0.421. The fourth-order valence-corrected chi connectivity index (χ4v) is 3.64. The minimum absolute atomic E-state index is 0.0692. The maximum absolute atomic E-state index is 12.4. The van der Waals surface area contributed by atoms with E-state index in [2.05, 4.69) is 19.9 Å². The van der Waals surface area contributed by atoms with Crippen molar-refractivity contribution in [3.05, 3.63) is 48.0 Å². The van der Waals surface area contributed by atoms with Crippen LogP contribution in [0.1, 0.15) is 29.3 Å². The lowest BCUT2D eigenvalue weighted by molar-refractivity contribution is 0.0525. The number of fused-ring (bicyclic) bond motifs is 2. The van der Waals surface area contributed by atoms with E-state index in [1.54, 1.807) is 24.2 Å². The van der Waals surface area contributed by atoms with Gasteiger partial charge in [0.1, 0.15) is 6.61 Å². The van der Waals surface area contributed by atoms with Crippen LogP contribution in [0.3, 0.4) is 0 Å². The summed E-state index contributed by atoms with van der Waals surface area (Å²) in [5, 5.41) is 0. The van der Waals surface area contributed by atoms with E-state index in [0.29, 0.717) is 31.2 Å². The summed E-state index contributed by atoms with van der Waals surface area (Å²) < 4.78 is 10.4. The third kappa shape index (κ3) is 3.60. The summed E-state index contributed by atoms with van der Waals surface area (Å²) in [6.07, 6.45) is 6.86. The highest BCUT2D eigenvalue weighted by Gasteiger charge is 2.46. The van der Waals surface area contributed by atoms with Gasteiger partial charge in [-0.05, 0) is 19.4 Å². The van der Waals surface area contributed by atoms with Gasteiger partial charge in [0.25, 0.3) is 0 Å². The van der Waals surface area contributed by atoms with Gasteiger partial charge >= 0.3 is 12.1 Å². The predicted molar refractivity (Wildman–Crippen MR) is 98.7 cm³/mol. The second-order valence-corrected chi connectivity index (χ2v) is 6.76. The Balaban J connectivity index is 1.33. The Morgan fingerprint density at radius 3 is 2.61 bits per heavy atom. The molecule has 0 saturated carbocycles. The Kier molecular flexibility index (Phi) is 5.05. The van der Waals surface area contributed by atoms with E-state index >= 15 is 0 Å². The smallest absolute Gasteiger partial charge is 0.410 e. The molecule has 146 valence electrons. The van der Waals surface area contributed by atoms with Crippen LogP contribution in [0.4, 0.5) is 10.7 Å². The summed E-state index contributed by atoms with van der Waals surface area (Å²) in [5.41, 5.74) is 1.19. The highest BCUT2D eigenvalue weighted by Crippen LogP contribution is 2.33. The van der Waals surface area contributed by atoms with Crippen LogP contribution in [0.5, 0.6) is 0 Å². The maximum atomic E-state index is 12.4. The van der Waals surface area contributed by atoms with E-state index in [1.165, 1.54) is 12.4 Å². The number of ether oxygens (including phenoxy) is 2. The van der Waals surface area contributed by atoms with Gasteiger partial charge in [0.15, 0.2) is 0 Å². The van der Waals surface area contributed by atoms with Crippen LogP contribution < -0.4 is 4.90 Å². The number of esters is 1. The number of carbonyl (C=O) groups is 2. The molecule has 2 aromatic rings. The molecule has 4 rings (SSSR count). The van der Waals surface area contributed by atoms with Gasteiger partial charge in [0, 0.05) is 43.4 Å². The first kappa shape index (κ1) is 18.1. The number of piperazine rings is 1. The second-order valence-electron chi connectivity index (χ2n) is 6.76. The molecule has 2 fully saturated rings. The van der Waals surface area contributed by atoms with Crippen LogP contribution in [0, 0.1) is 0 Å². The molecule has 2 aliphatic heterocycles. The van der Waals surface area contributed by atoms with Gasteiger partial charge in [-0.25, -0.2) is 19.6 Å². The molecule has 0 aromatic carbocycles. The topological polar surface area (TPSA) is 97.8 Å². The number of likely N-dealkylation sites (tertiary alicyclic amines) is 1. The first-order valence-electron chi connectivity index (χ1n) is 9.23. The molecular formula is C19H21N5O4. The lowest BCUT2D eigenvalue weighted by Gasteiger charge is -2.33. The van der Waals surface area contributed by atoms with E-state index in [9.17, 15) is 9.59 Å². The Morgan fingerprint density at radius 2 is 1.96 bits per heavy atom. The molecule has 0 spiro atoms. The van der Waals surface area contributed by atoms with Crippen LogP contribution in [0.2, 0.25) is 0 Å². The number of nitrogens with zero attached hydrogens (tertiary/aromatic N) is 5. The standard InChI is InChI=1S/C19H21N5O4/c1-2-27-17(25)14-8-21-18(22-9-14)23-10-16-6-15(23)11-24(16)19(26)28-12-13-4-3-5-20-7-13/h3-5,7-9,15-16H,2,6,10-12H2,1H3/t15-,16-/m0/s1.